The summed E-state index contributed by atoms with van der Waals surface area (Å²) in [7, 11) is 0. The molecule has 0 saturated carbocycles. The molecule has 3 heterocycles. The van der Waals surface area contributed by atoms with Gasteiger partial charge in [0, 0.05) is 26.2 Å². The Morgan fingerprint density at radius 1 is 1.21 bits per heavy atom. The first-order valence-electron chi connectivity index (χ1n) is 12.4. The highest BCUT2D eigenvalue weighted by Crippen LogP contribution is 2.29. The zero-order valence-electron chi connectivity index (χ0n) is 19.8. The predicted molar refractivity (Wildman–Crippen MR) is 134 cm³/mol. The van der Waals surface area contributed by atoms with Gasteiger partial charge in [-0.25, -0.2) is 4.98 Å². The van der Waals surface area contributed by atoms with Gasteiger partial charge in [0.15, 0.2) is 10.8 Å². The Morgan fingerprint density at radius 2 is 2.09 bits per heavy atom. The Labute approximate surface area is 203 Å². The topological polar surface area (TPSA) is 109 Å². The molecule has 2 aromatic heterocycles. The maximum Gasteiger partial charge on any atom is 0.273 e. The number of allylic oxidation sites excluding steroid dienone is 1. The van der Waals surface area contributed by atoms with Crippen molar-refractivity contribution in [2.75, 3.05) is 31.1 Å². The molecule has 0 unspecified atom stereocenters. The molecule has 1 aliphatic carbocycles. The van der Waals surface area contributed by atoms with Crippen molar-refractivity contribution in [1.29, 1.82) is 0 Å². The highest BCUT2D eigenvalue weighted by Gasteiger charge is 2.27. The number of hydrogen-bond acceptors (Lipinski definition) is 7. The summed E-state index contributed by atoms with van der Waals surface area (Å²) < 4.78 is 1.78. The van der Waals surface area contributed by atoms with Gasteiger partial charge < -0.3 is 15.5 Å². The summed E-state index contributed by atoms with van der Waals surface area (Å²) in [5.74, 6) is -0.190. The molecule has 34 heavy (non-hydrogen) atoms. The number of carbonyl (C=O) groups excluding carboxylic acids is 2. The zero-order chi connectivity index (χ0) is 23.9. The van der Waals surface area contributed by atoms with E-state index in [1.165, 1.54) is 40.6 Å². The van der Waals surface area contributed by atoms with Crippen LogP contribution in [0.3, 0.4) is 0 Å². The van der Waals surface area contributed by atoms with Gasteiger partial charge in [-0.05, 0) is 51.4 Å². The molecule has 0 radical (unpaired) electrons. The zero-order valence-corrected chi connectivity index (χ0v) is 20.7. The largest absolute Gasteiger partial charge is 0.356 e. The van der Waals surface area contributed by atoms with E-state index < -0.39 is 0 Å². The maximum atomic E-state index is 13.0. The van der Waals surface area contributed by atoms with Crippen molar-refractivity contribution in [1.82, 2.24) is 25.2 Å². The van der Waals surface area contributed by atoms with E-state index in [2.05, 4.69) is 31.6 Å². The predicted octanol–water partition coefficient (Wildman–Crippen LogP) is 2.60. The van der Waals surface area contributed by atoms with Gasteiger partial charge in [0.1, 0.15) is 17.6 Å². The van der Waals surface area contributed by atoms with Crippen LogP contribution in [0.1, 0.15) is 58.3 Å². The summed E-state index contributed by atoms with van der Waals surface area (Å²) in [5, 5.41) is 6.60. The highest BCUT2D eigenvalue weighted by atomic mass is 32.1. The van der Waals surface area contributed by atoms with E-state index in [9.17, 15) is 14.4 Å². The minimum atomic E-state index is -0.256. The number of thiazole rings is 1. The Kier molecular flexibility index (Phi) is 8.31. The van der Waals surface area contributed by atoms with Crippen LogP contribution in [-0.2, 0) is 16.1 Å². The first-order valence-corrected chi connectivity index (χ1v) is 13.2. The fourth-order valence-electron chi connectivity index (χ4n) is 4.55. The number of carbonyl (C=O) groups is 2. The third kappa shape index (κ3) is 6.02. The molecule has 2 aromatic rings. The molecule has 10 heteroatoms. The minimum Gasteiger partial charge on any atom is -0.356 e. The number of anilines is 1. The van der Waals surface area contributed by atoms with Gasteiger partial charge in [0.2, 0.25) is 11.8 Å². The van der Waals surface area contributed by atoms with E-state index in [1.807, 2.05) is 6.92 Å². The van der Waals surface area contributed by atoms with Crippen LogP contribution in [0.15, 0.2) is 22.8 Å². The van der Waals surface area contributed by atoms with Crippen LogP contribution in [0.2, 0.25) is 0 Å². The van der Waals surface area contributed by atoms with E-state index in [0.717, 1.165) is 45.1 Å². The molecule has 2 amide bonds. The Balaban J connectivity index is 1.38. The second-order valence-corrected chi connectivity index (χ2v) is 10.1. The van der Waals surface area contributed by atoms with Crippen molar-refractivity contribution in [2.45, 2.75) is 64.8 Å². The van der Waals surface area contributed by atoms with E-state index >= 15 is 0 Å². The molecule has 9 nitrogen and oxygen atoms in total. The Bertz CT molecular complexity index is 1110. The second kappa shape index (κ2) is 11.6. The van der Waals surface area contributed by atoms with Crippen LogP contribution in [0.5, 0.6) is 0 Å². The summed E-state index contributed by atoms with van der Waals surface area (Å²) in [5.41, 5.74) is 1.54. The normalized spacial score (nSPS) is 18.6. The van der Waals surface area contributed by atoms with E-state index in [1.54, 1.807) is 0 Å². The van der Waals surface area contributed by atoms with Gasteiger partial charge in [-0.15, -0.1) is 0 Å². The number of nitrogens with zero attached hydrogens (tertiary/aromatic N) is 4. The third-order valence-corrected chi connectivity index (χ3v) is 7.55. The molecule has 0 aromatic carbocycles. The number of piperidine rings is 1. The van der Waals surface area contributed by atoms with Crippen molar-refractivity contribution in [2.24, 2.45) is 5.92 Å². The number of aromatic nitrogens is 3. The van der Waals surface area contributed by atoms with Crippen LogP contribution < -0.4 is 21.1 Å². The molecule has 2 N–H and O–H groups in total. The molecule has 1 aliphatic heterocycles. The van der Waals surface area contributed by atoms with Gasteiger partial charge >= 0.3 is 0 Å². The fourth-order valence-corrected chi connectivity index (χ4v) is 5.55. The van der Waals surface area contributed by atoms with Crippen LogP contribution in [0.25, 0.3) is 10.3 Å². The number of nitrogens with one attached hydrogen (secondary N) is 2. The van der Waals surface area contributed by atoms with Crippen molar-refractivity contribution in [3.8, 4) is 0 Å². The third-order valence-electron chi connectivity index (χ3n) is 6.45. The minimum absolute atomic E-state index is 0.0581. The maximum absolute atomic E-state index is 13.0. The SMILES string of the molecule is CCCNC(=O)[C@@H]1CCCN(c2nc3ncn(CC(=O)NCCC4=CCCCC4)c(=O)c3s2)C1. The van der Waals surface area contributed by atoms with Crippen molar-refractivity contribution in [3.05, 3.63) is 28.3 Å². The van der Waals surface area contributed by atoms with Gasteiger partial charge in [-0.3, -0.25) is 19.0 Å². The number of fused-ring (bicyclic) bond motifs is 1. The summed E-state index contributed by atoms with van der Waals surface area (Å²) in [6, 6.07) is 0. The van der Waals surface area contributed by atoms with E-state index in [-0.39, 0.29) is 29.8 Å². The quantitative estimate of drug-likeness (QED) is 0.528. The lowest BCUT2D eigenvalue weighted by atomic mass is 9.97. The van der Waals surface area contributed by atoms with Crippen LogP contribution in [0, 0.1) is 5.92 Å². The highest BCUT2D eigenvalue weighted by molar-refractivity contribution is 7.22. The molecule has 0 bridgehead atoms. The fraction of sp³-hybridized carbons (Fsp3) is 0.625. The second-order valence-electron chi connectivity index (χ2n) is 9.11. The Hall–Kier alpha value is -2.75. The number of amides is 2. The van der Waals surface area contributed by atoms with Gasteiger partial charge in [0.05, 0.1) is 5.92 Å². The monoisotopic (exact) mass is 486 g/mol. The van der Waals surface area contributed by atoms with Crippen molar-refractivity contribution < 1.29 is 9.59 Å². The summed E-state index contributed by atoms with van der Waals surface area (Å²) in [6.07, 6.45) is 11.9. The molecule has 184 valence electrons. The lowest BCUT2D eigenvalue weighted by molar-refractivity contribution is -0.125. The molecule has 2 aliphatic rings. The van der Waals surface area contributed by atoms with Gasteiger partial charge in [-0.1, -0.05) is 29.9 Å². The summed E-state index contributed by atoms with van der Waals surface area (Å²) >= 11 is 1.29. The van der Waals surface area contributed by atoms with Crippen LogP contribution in [-0.4, -0.2) is 52.5 Å². The first-order chi connectivity index (χ1) is 16.5. The lowest BCUT2D eigenvalue weighted by Crippen LogP contribution is -2.43. The van der Waals surface area contributed by atoms with Crippen LogP contribution in [0.4, 0.5) is 5.13 Å². The standard InChI is InChI=1S/C24H34N6O3S/c1-2-11-26-22(32)18-9-6-13-29(14-18)24-28-21-20(34-24)23(33)30(16-27-21)15-19(31)25-12-10-17-7-4-3-5-8-17/h7,16,18H,2-6,8-15H2,1H3,(H,25,31)(H,26,32)/t18-/m1/s1. The molecular weight excluding hydrogens is 452 g/mol. The average Bonchev–Trinajstić information content (AvgIpc) is 3.30. The summed E-state index contributed by atoms with van der Waals surface area (Å²) in [4.78, 5) is 48.8. The molecule has 4 rings (SSSR count). The molecular formula is C24H34N6O3S. The molecule has 0 spiro atoms. The van der Waals surface area contributed by atoms with Gasteiger partial charge in [-0.2, -0.15) is 4.98 Å². The summed E-state index contributed by atoms with van der Waals surface area (Å²) in [6.45, 7) is 4.63. The van der Waals surface area contributed by atoms with Crippen molar-refractivity contribution >= 4 is 38.6 Å². The van der Waals surface area contributed by atoms with Gasteiger partial charge in [0.25, 0.3) is 5.56 Å². The van der Waals surface area contributed by atoms with Crippen molar-refractivity contribution in [3.63, 3.8) is 0 Å². The number of rotatable bonds is 9. The smallest absolute Gasteiger partial charge is 0.273 e. The number of hydrogen-bond donors (Lipinski definition) is 2. The molecule has 1 saturated heterocycles. The first kappa shape index (κ1) is 24.4. The lowest BCUT2D eigenvalue weighted by Gasteiger charge is -2.31. The van der Waals surface area contributed by atoms with E-state index in [0.29, 0.717) is 35.1 Å². The Morgan fingerprint density at radius 3 is 2.88 bits per heavy atom. The average molecular weight is 487 g/mol. The van der Waals surface area contributed by atoms with E-state index in [4.69, 9.17) is 0 Å². The molecule has 1 atom stereocenters. The molecule has 1 fully saturated rings. The van der Waals surface area contributed by atoms with Crippen LogP contribution >= 0.6 is 11.3 Å².